The van der Waals surface area contributed by atoms with Crippen LogP contribution < -0.4 is 0 Å². The summed E-state index contributed by atoms with van der Waals surface area (Å²) < 4.78 is 0. The van der Waals surface area contributed by atoms with Gasteiger partial charge in [-0.15, -0.1) is 0 Å². The summed E-state index contributed by atoms with van der Waals surface area (Å²) in [6.45, 7) is 0. The molecule has 0 amide bonds. The number of aliphatic carboxylic acids is 1. The largest absolute Gasteiger partial charge is 0.478 e. The number of halogens is 1. The second kappa shape index (κ2) is 4.58. The lowest BCUT2D eigenvalue weighted by molar-refractivity contribution is -0.131. The molecule has 1 aromatic carbocycles. The number of hydrogen-bond donors (Lipinski definition) is 1. The molecule has 1 rings (SSSR count). The minimum Gasteiger partial charge on any atom is -0.478 e. The van der Waals surface area contributed by atoms with Crippen molar-refractivity contribution in [3.63, 3.8) is 0 Å². The van der Waals surface area contributed by atoms with Crippen LogP contribution in [-0.2, 0) is 4.79 Å². The van der Waals surface area contributed by atoms with Crippen molar-refractivity contribution in [1.82, 2.24) is 0 Å². The van der Waals surface area contributed by atoms with Crippen molar-refractivity contribution < 1.29 is 14.7 Å². The van der Waals surface area contributed by atoms with Gasteiger partial charge < -0.3 is 5.11 Å². The Morgan fingerprint density at radius 2 is 1.79 bits per heavy atom. The number of allylic oxidation sites excluding steroid dienone is 1. The van der Waals surface area contributed by atoms with Crippen LogP contribution >= 0.6 is 11.6 Å². The lowest BCUT2D eigenvalue weighted by Gasteiger charge is -1.96. The molecule has 14 heavy (non-hydrogen) atoms. The highest BCUT2D eigenvalue weighted by Gasteiger charge is 2.10. The predicted molar refractivity (Wildman–Crippen MR) is 52.3 cm³/mol. The fraction of sp³-hybridized carbons (Fsp3) is 0. The number of rotatable bonds is 3. The zero-order valence-corrected chi connectivity index (χ0v) is 7.86. The van der Waals surface area contributed by atoms with Gasteiger partial charge in [-0.2, -0.15) is 0 Å². The molecule has 0 atom stereocenters. The maximum absolute atomic E-state index is 11.4. The van der Waals surface area contributed by atoms with Gasteiger partial charge in [-0.3, -0.25) is 4.79 Å². The first-order valence-electron chi connectivity index (χ1n) is 3.81. The van der Waals surface area contributed by atoms with E-state index in [9.17, 15) is 9.59 Å². The van der Waals surface area contributed by atoms with E-state index in [4.69, 9.17) is 16.7 Å². The molecule has 0 aliphatic carbocycles. The molecule has 1 N–H and O–H groups in total. The summed E-state index contributed by atoms with van der Waals surface area (Å²) in [7, 11) is 0. The lowest BCUT2D eigenvalue weighted by Crippen LogP contribution is -2.01. The molecule has 0 aromatic heterocycles. The van der Waals surface area contributed by atoms with Gasteiger partial charge in [0.25, 0.3) is 0 Å². The van der Waals surface area contributed by atoms with Crippen LogP contribution in [0, 0.1) is 0 Å². The molecule has 0 saturated carbocycles. The van der Waals surface area contributed by atoms with Crippen molar-refractivity contribution in [2.75, 3.05) is 0 Å². The number of carbonyl (C=O) groups is 2. The summed E-state index contributed by atoms with van der Waals surface area (Å²) in [6, 6.07) is 8.25. The van der Waals surface area contributed by atoms with Crippen molar-refractivity contribution in [2.24, 2.45) is 0 Å². The Balaban J connectivity index is 2.92. The molecule has 3 nitrogen and oxygen atoms in total. The van der Waals surface area contributed by atoms with Crippen LogP contribution in [0.3, 0.4) is 0 Å². The van der Waals surface area contributed by atoms with Gasteiger partial charge in [0.15, 0.2) is 0 Å². The Bertz CT molecular complexity index is 382. The Morgan fingerprint density at radius 1 is 1.21 bits per heavy atom. The molecule has 0 unspecified atom stereocenters. The molecule has 0 heterocycles. The van der Waals surface area contributed by atoms with Crippen LogP contribution in [0.5, 0.6) is 0 Å². The molecule has 72 valence electrons. The molecule has 0 aliphatic rings. The van der Waals surface area contributed by atoms with E-state index in [1.165, 1.54) is 0 Å². The van der Waals surface area contributed by atoms with Crippen LogP contribution in [0.25, 0.3) is 0 Å². The summed E-state index contributed by atoms with van der Waals surface area (Å²) in [5, 5.41) is 8.06. The average Bonchev–Trinajstić information content (AvgIpc) is 2.17. The summed E-state index contributed by atoms with van der Waals surface area (Å²) in [6.07, 6.45) is 0.677. The standard InChI is InChI=1S/C10H7ClO3/c11-8(6-9(12)13)10(14)7-4-2-1-3-5-7/h1-6H,(H,12,13)/b8-6-. The fourth-order valence-electron chi connectivity index (χ4n) is 0.901. The van der Waals surface area contributed by atoms with Gasteiger partial charge in [-0.1, -0.05) is 41.9 Å². The van der Waals surface area contributed by atoms with E-state index in [0.29, 0.717) is 11.6 Å². The first-order valence-corrected chi connectivity index (χ1v) is 4.19. The van der Waals surface area contributed by atoms with Crippen LogP contribution in [0.1, 0.15) is 10.4 Å². The molecule has 4 heteroatoms. The van der Waals surface area contributed by atoms with E-state index < -0.39 is 11.8 Å². The number of ketones is 1. The second-order valence-corrected chi connectivity index (χ2v) is 2.93. The Hall–Kier alpha value is -1.61. The third-order valence-corrected chi connectivity index (χ3v) is 1.78. The van der Waals surface area contributed by atoms with Crippen molar-refractivity contribution in [3.05, 3.63) is 47.0 Å². The highest BCUT2D eigenvalue weighted by molar-refractivity contribution is 6.46. The van der Waals surface area contributed by atoms with Crippen LogP contribution in [0.15, 0.2) is 41.4 Å². The fourth-order valence-corrected chi connectivity index (χ4v) is 1.10. The predicted octanol–water partition coefficient (Wildman–Crippen LogP) is 2.08. The van der Waals surface area contributed by atoms with Crippen LogP contribution in [0.4, 0.5) is 0 Å². The van der Waals surface area contributed by atoms with E-state index in [2.05, 4.69) is 0 Å². The molecule has 0 spiro atoms. The van der Waals surface area contributed by atoms with E-state index in [-0.39, 0.29) is 5.03 Å². The van der Waals surface area contributed by atoms with Crippen molar-refractivity contribution >= 4 is 23.4 Å². The summed E-state index contributed by atoms with van der Waals surface area (Å²) in [4.78, 5) is 21.6. The highest BCUT2D eigenvalue weighted by atomic mass is 35.5. The number of benzene rings is 1. The molecule has 0 saturated heterocycles. The first kappa shape index (κ1) is 10.5. The third kappa shape index (κ3) is 2.71. The molecule has 0 fully saturated rings. The van der Waals surface area contributed by atoms with Crippen molar-refractivity contribution in [1.29, 1.82) is 0 Å². The summed E-state index contributed by atoms with van der Waals surface area (Å²) in [5.74, 6) is -1.73. The van der Waals surface area contributed by atoms with E-state index in [0.717, 1.165) is 0 Å². The lowest BCUT2D eigenvalue weighted by atomic mass is 10.1. The van der Waals surface area contributed by atoms with Gasteiger partial charge in [0.05, 0.1) is 5.03 Å². The van der Waals surface area contributed by atoms with Gasteiger partial charge in [0.2, 0.25) is 5.78 Å². The van der Waals surface area contributed by atoms with E-state index >= 15 is 0 Å². The number of carboxylic acid groups (broad SMARTS) is 1. The van der Waals surface area contributed by atoms with Gasteiger partial charge in [0.1, 0.15) is 0 Å². The van der Waals surface area contributed by atoms with Crippen molar-refractivity contribution in [3.8, 4) is 0 Å². The SMILES string of the molecule is O=C(O)/C=C(\Cl)C(=O)c1ccccc1. The van der Waals surface area contributed by atoms with Crippen molar-refractivity contribution in [2.45, 2.75) is 0 Å². The molecule has 0 radical (unpaired) electrons. The summed E-state index contributed by atoms with van der Waals surface area (Å²) >= 11 is 5.49. The maximum atomic E-state index is 11.4. The average molecular weight is 211 g/mol. The second-order valence-electron chi connectivity index (χ2n) is 2.53. The van der Waals surface area contributed by atoms with Crippen LogP contribution in [-0.4, -0.2) is 16.9 Å². The Labute approximate surface area is 85.6 Å². The highest BCUT2D eigenvalue weighted by Crippen LogP contribution is 2.11. The molecule has 0 bridgehead atoms. The first-order chi connectivity index (χ1) is 6.61. The molecular formula is C10H7ClO3. The van der Waals surface area contributed by atoms with Gasteiger partial charge in [-0.25, -0.2) is 4.79 Å². The quantitative estimate of drug-likeness (QED) is 0.614. The van der Waals surface area contributed by atoms with E-state index in [1.54, 1.807) is 30.3 Å². The van der Waals surface area contributed by atoms with Gasteiger partial charge in [0, 0.05) is 11.6 Å². The summed E-state index contributed by atoms with van der Waals surface area (Å²) in [5.41, 5.74) is 0.370. The zero-order chi connectivity index (χ0) is 10.6. The van der Waals surface area contributed by atoms with Crippen LogP contribution in [0.2, 0.25) is 0 Å². The number of carbonyl (C=O) groups excluding carboxylic acids is 1. The van der Waals surface area contributed by atoms with E-state index in [1.807, 2.05) is 0 Å². The zero-order valence-electron chi connectivity index (χ0n) is 7.11. The number of hydrogen-bond acceptors (Lipinski definition) is 2. The minimum atomic E-state index is -1.24. The Morgan fingerprint density at radius 3 is 2.29 bits per heavy atom. The monoisotopic (exact) mass is 210 g/mol. The van der Waals surface area contributed by atoms with Gasteiger partial charge >= 0.3 is 5.97 Å². The Kier molecular flexibility index (Phi) is 3.42. The number of carboxylic acids is 1. The van der Waals surface area contributed by atoms with Gasteiger partial charge in [-0.05, 0) is 0 Å². The smallest absolute Gasteiger partial charge is 0.329 e. The minimum absolute atomic E-state index is 0.302. The maximum Gasteiger partial charge on any atom is 0.329 e. The molecule has 1 aromatic rings. The molecular weight excluding hydrogens is 204 g/mol. The number of Topliss-reactive ketones (excluding diaryl/α,β-unsaturated/α-hetero) is 1. The third-order valence-electron chi connectivity index (χ3n) is 1.50. The normalized spacial score (nSPS) is 11.1. The topological polar surface area (TPSA) is 54.4 Å². The molecule has 0 aliphatic heterocycles.